The van der Waals surface area contributed by atoms with Gasteiger partial charge in [-0.15, -0.1) is 0 Å². The van der Waals surface area contributed by atoms with E-state index in [1.807, 2.05) is 18.2 Å². The number of benzene rings is 1. The first-order valence-electron chi connectivity index (χ1n) is 5.74. The van der Waals surface area contributed by atoms with Gasteiger partial charge in [-0.3, -0.25) is 4.79 Å². The number of hydrogen-bond donors (Lipinski definition) is 2. The molecule has 1 aromatic carbocycles. The number of carbonyl (C=O) groups is 1. The minimum Gasteiger partial charge on any atom is -0.484 e. The van der Waals surface area contributed by atoms with E-state index in [9.17, 15) is 4.79 Å². The number of hydrogen-bond acceptors (Lipinski definition) is 5. The van der Waals surface area contributed by atoms with Crippen molar-refractivity contribution in [1.82, 2.24) is 9.97 Å². The molecule has 6 nitrogen and oxygen atoms in total. The first-order chi connectivity index (χ1) is 9.24. The number of rotatable bonds is 6. The van der Waals surface area contributed by atoms with Gasteiger partial charge in [-0.25, -0.2) is 9.97 Å². The van der Waals surface area contributed by atoms with Gasteiger partial charge in [-0.05, 0) is 18.2 Å². The summed E-state index contributed by atoms with van der Waals surface area (Å²) in [5.74, 6) is 0.0887. The molecule has 19 heavy (non-hydrogen) atoms. The molecule has 1 heterocycles. The maximum atomic E-state index is 10.6. The molecule has 0 unspecified atom stereocenters. The highest BCUT2D eigenvalue weighted by Gasteiger charge is 2.00. The average molecular weight is 258 g/mol. The molecule has 0 saturated carbocycles. The molecular weight excluding hydrogens is 244 g/mol. The van der Waals surface area contributed by atoms with Crippen molar-refractivity contribution in [1.29, 1.82) is 0 Å². The molecule has 1 aromatic heterocycles. The second-order valence-corrected chi connectivity index (χ2v) is 3.84. The predicted molar refractivity (Wildman–Crippen MR) is 70.5 cm³/mol. The van der Waals surface area contributed by atoms with Crippen LogP contribution in [0.25, 0.3) is 0 Å². The van der Waals surface area contributed by atoms with E-state index in [0.717, 1.165) is 11.4 Å². The molecule has 2 aromatic rings. The Kier molecular flexibility index (Phi) is 4.28. The lowest BCUT2D eigenvalue weighted by molar-refractivity contribution is -0.119. The lowest BCUT2D eigenvalue weighted by atomic mass is 10.3. The topological polar surface area (TPSA) is 90.1 Å². The Morgan fingerprint density at radius 2 is 2.26 bits per heavy atom. The number of nitrogens with one attached hydrogen (secondary N) is 1. The highest BCUT2D eigenvalue weighted by Crippen LogP contribution is 2.17. The molecular formula is C13H14N4O2. The average Bonchev–Trinajstić information content (AvgIpc) is 2.44. The number of amides is 1. The lowest BCUT2D eigenvalue weighted by Gasteiger charge is -2.08. The van der Waals surface area contributed by atoms with Gasteiger partial charge in [-0.1, -0.05) is 6.07 Å². The van der Waals surface area contributed by atoms with Crippen molar-refractivity contribution >= 4 is 11.6 Å². The van der Waals surface area contributed by atoms with E-state index >= 15 is 0 Å². The SMILES string of the molecule is NC(=O)COc1cccc(NCc2ccncn2)c1. The van der Waals surface area contributed by atoms with Crippen molar-refractivity contribution in [3.8, 4) is 5.75 Å². The second-order valence-electron chi connectivity index (χ2n) is 3.84. The fourth-order valence-electron chi connectivity index (χ4n) is 1.47. The minimum absolute atomic E-state index is 0.130. The standard InChI is InChI=1S/C13H14N4O2/c14-13(18)8-19-12-3-1-2-10(6-12)16-7-11-4-5-15-9-17-11/h1-6,9,16H,7-8H2,(H2,14,18). The molecule has 0 atom stereocenters. The maximum absolute atomic E-state index is 10.6. The van der Waals surface area contributed by atoms with Crippen LogP contribution in [0.1, 0.15) is 5.69 Å². The van der Waals surface area contributed by atoms with Crippen LogP contribution in [0.3, 0.4) is 0 Å². The zero-order valence-electron chi connectivity index (χ0n) is 10.2. The number of primary amides is 1. The van der Waals surface area contributed by atoms with Gasteiger partial charge in [0.25, 0.3) is 5.91 Å². The summed E-state index contributed by atoms with van der Waals surface area (Å²) in [5, 5.41) is 3.20. The first kappa shape index (κ1) is 12.8. The Labute approximate surface area is 110 Å². The fraction of sp³-hybridized carbons (Fsp3) is 0.154. The second kappa shape index (κ2) is 6.34. The lowest BCUT2D eigenvalue weighted by Crippen LogP contribution is -2.20. The summed E-state index contributed by atoms with van der Waals surface area (Å²) in [6, 6.07) is 9.13. The molecule has 0 bridgehead atoms. The maximum Gasteiger partial charge on any atom is 0.255 e. The molecule has 3 N–H and O–H groups in total. The van der Waals surface area contributed by atoms with Crippen LogP contribution < -0.4 is 15.8 Å². The van der Waals surface area contributed by atoms with Gasteiger partial charge in [0.1, 0.15) is 12.1 Å². The highest BCUT2D eigenvalue weighted by molar-refractivity contribution is 5.75. The van der Waals surface area contributed by atoms with Crippen molar-refractivity contribution < 1.29 is 9.53 Å². The fourth-order valence-corrected chi connectivity index (χ4v) is 1.47. The minimum atomic E-state index is -0.501. The van der Waals surface area contributed by atoms with E-state index in [-0.39, 0.29) is 6.61 Å². The Hall–Kier alpha value is -2.63. The molecule has 0 aliphatic carbocycles. The van der Waals surface area contributed by atoms with Crippen LogP contribution in [0.2, 0.25) is 0 Å². The summed E-state index contributed by atoms with van der Waals surface area (Å²) in [6.07, 6.45) is 3.19. The molecule has 98 valence electrons. The quantitative estimate of drug-likeness (QED) is 0.805. The van der Waals surface area contributed by atoms with Gasteiger partial charge in [-0.2, -0.15) is 0 Å². The third kappa shape index (κ3) is 4.27. The summed E-state index contributed by atoms with van der Waals surface area (Å²) >= 11 is 0. The van der Waals surface area contributed by atoms with E-state index < -0.39 is 5.91 Å². The van der Waals surface area contributed by atoms with Gasteiger partial charge >= 0.3 is 0 Å². The molecule has 6 heteroatoms. The van der Waals surface area contributed by atoms with Crippen molar-refractivity contribution in [3.63, 3.8) is 0 Å². The van der Waals surface area contributed by atoms with Gasteiger partial charge in [0.05, 0.1) is 12.2 Å². The summed E-state index contributed by atoms with van der Waals surface area (Å²) in [4.78, 5) is 18.6. The van der Waals surface area contributed by atoms with Gasteiger partial charge in [0, 0.05) is 18.0 Å². The normalized spacial score (nSPS) is 9.89. The summed E-state index contributed by atoms with van der Waals surface area (Å²) in [7, 11) is 0. The number of carbonyl (C=O) groups excluding carboxylic acids is 1. The van der Waals surface area contributed by atoms with Crippen molar-refractivity contribution in [3.05, 3.63) is 48.5 Å². The van der Waals surface area contributed by atoms with Crippen LogP contribution in [-0.4, -0.2) is 22.5 Å². The Morgan fingerprint density at radius 3 is 3.00 bits per heavy atom. The number of ether oxygens (including phenoxy) is 1. The smallest absolute Gasteiger partial charge is 0.255 e. The highest BCUT2D eigenvalue weighted by atomic mass is 16.5. The molecule has 0 spiro atoms. The summed E-state index contributed by atoms with van der Waals surface area (Å²) in [5.41, 5.74) is 6.78. The number of nitrogens with two attached hydrogens (primary N) is 1. The largest absolute Gasteiger partial charge is 0.484 e. The third-order valence-corrected chi connectivity index (χ3v) is 2.33. The van der Waals surface area contributed by atoms with Gasteiger partial charge < -0.3 is 15.8 Å². The van der Waals surface area contributed by atoms with Gasteiger partial charge in [0.2, 0.25) is 0 Å². The zero-order valence-corrected chi connectivity index (χ0v) is 10.2. The van der Waals surface area contributed by atoms with Crippen LogP contribution in [0.15, 0.2) is 42.9 Å². The Balaban J connectivity index is 1.93. The van der Waals surface area contributed by atoms with Crippen LogP contribution >= 0.6 is 0 Å². The zero-order chi connectivity index (χ0) is 13.5. The van der Waals surface area contributed by atoms with Gasteiger partial charge in [0.15, 0.2) is 6.61 Å². The Bertz CT molecular complexity index is 545. The number of nitrogens with zero attached hydrogens (tertiary/aromatic N) is 2. The van der Waals surface area contributed by atoms with E-state index in [2.05, 4.69) is 15.3 Å². The van der Waals surface area contributed by atoms with Crippen LogP contribution in [0, 0.1) is 0 Å². The third-order valence-electron chi connectivity index (χ3n) is 2.33. The monoisotopic (exact) mass is 258 g/mol. The first-order valence-corrected chi connectivity index (χ1v) is 5.74. The van der Waals surface area contributed by atoms with E-state index in [0.29, 0.717) is 12.3 Å². The molecule has 0 aliphatic rings. The van der Waals surface area contributed by atoms with E-state index in [1.54, 1.807) is 18.3 Å². The Morgan fingerprint density at radius 1 is 1.37 bits per heavy atom. The van der Waals surface area contributed by atoms with Crippen molar-refractivity contribution in [2.24, 2.45) is 5.73 Å². The van der Waals surface area contributed by atoms with E-state index in [4.69, 9.17) is 10.5 Å². The van der Waals surface area contributed by atoms with Crippen molar-refractivity contribution in [2.75, 3.05) is 11.9 Å². The molecule has 0 aliphatic heterocycles. The van der Waals surface area contributed by atoms with Crippen LogP contribution in [0.5, 0.6) is 5.75 Å². The van der Waals surface area contributed by atoms with E-state index in [1.165, 1.54) is 6.33 Å². The summed E-state index contributed by atoms with van der Waals surface area (Å²) < 4.78 is 5.22. The number of aromatic nitrogens is 2. The molecule has 1 amide bonds. The van der Waals surface area contributed by atoms with Crippen molar-refractivity contribution in [2.45, 2.75) is 6.54 Å². The molecule has 0 radical (unpaired) electrons. The predicted octanol–water partition coefficient (Wildman–Crippen LogP) is 0.953. The van der Waals surface area contributed by atoms with Crippen LogP contribution in [0.4, 0.5) is 5.69 Å². The molecule has 0 fully saturated rings. The molecule has 0 saturated heterocycles. The van der Waals surface area contributed by atoms with Crippen LogP contribution in [-0.2, 0) is 11.3 Å². The number of anilines is 1. The molecule has 2 rings (SSSR count). The summed E-state index contributed by atoms with van der Waals surface area (Å²) in [6.45, 7) is 0.456.